The first kappa shape index (κ1) is 32.1. The van der Waals surface area contributed by atoms with Crippen molar-refractivity contribution in [1.82, 2.24) is 19.8 Å². The van der Waals surface area contributed by atoms with Gasteiger partial charge in [0.15, 0.2) is 5.69 Å². The number of aromatic nitrogens is 2. The van der Waals surface area contributed by atoms with E-state index < -0.39 is 30.0 Å². The lowest BCUT2D eigenvalue weighted by atomic mass is 9.99. The first-order valence-electron chi connectivity index (χ1n) is 13.9. The van der Waals surface area contributed by atoms with Crippen molar-refractivity contribution in [3.63, 3.8) is 0 Å². The number of aryl methyl sites for hydroxylation is 1. The lowest BCUT2D eigenvalue weighted by molar-refractivity contribution is -0.148. The summed E-state index contributed by atoms with van der Waals surface area (Å²) in [5, 5.41) is 1.66. The number of hydrogen-bond acceptors (Lipinski definition) is 8. The number of ether oxygens (including phenoxy) is 3. The summed E-state index contributed by atoms with van der Waals surface area (Å²) < 4.78 is 56.8. The fourth-order valence-electron chi connectivity index (χ4n) is 5.09. The van der Waals surface area contributed by atoms with Crippen molar-refractivity contribution in [2.24, 2.45) is 0 Å². The maximum Gasteiger partial charge on any atom is 0.434 e. The average molecular weight is 621 g/mol. The van der Waals surface area contributed by atoms with Crippen LogP contribution in [0.25, 0.3) is 21.6 Å². The quantitative estimate of drug-likeness (QED) is 0.145. The van der Waals surface area contributed by atoms with Crippen molar-refractivity contribution < 1.29 is 37.0 Å². The van der Waals surface area contributed by atoms with E-state index in [4.69, 9.17) is 14.2 Å². The highest BCUT2D eigenvalue weighted by molar-refractivity contribution is 7.13. The van der Waals surface area contributed by atoms with Gasteiger partial charge < -0.3 is 24.0 Å². The van der Waals surface area contributed by atoms with Crippen molar-refractivity contribution in [3.8, 4) is 22.2 Å². The molecule has 1 aliphatic heterocycles. The van der Waals surface area contributed by atoms with Crippen LogP contribution < -0.4 is 9.47 Å². The molecule has 1 fully saturated rings. The van der Waals surface area contributed by atoms with E-state index in [1.165, 1.54) is 19.1 Å². The zero-order valence-corrected chi connectivity index (χ0v) is 25.4. The minimum Gasteiger partial charge on any atom is -0.496 e. The van der Waals surface area contributed by atoms with E-state index in [1.807, 2.05) is 6.08 Å². The topological polar surface area (TPSA) is 94.1 Å². The number of methoxy groups -OCH3 is 2. The lowest BCUT2D eigenvalue weighted by Gasteiger charge is -2.39. The van der Waals surface area contributed by atoms with E-state index in [0.29, 0.717) is 40.9 Å². The summed E-state index contributed by atoms with van der Waals surface area (Å²) in [4.78, 5) is 37.6. The molecule has 13 heteroatoms. The molecule has 2 unspecified atom stereocenters. The molecular weight excluding hydrogens is 585 g/mol. The van der Waals surface area contributed by atoms with Gasteiger partial charge in [-0.2, -0.15) is 13.2 Å². The fourth-order valence-corrected chi connectivity index (χ4v) is 5.88. The highest BCUT2D eigenvalue weighted by Gasteiger charge is 2.39. The number of alkyl halides is 3. The number of esters is 1. The summed E-state index contributed by atoms with van der Waals surface area (Å²) in [6.07, 6.45) is -0.0695. The normalized spacial score (nSPS) is 17.0. The minimum atomic E-state index is -4.59. The summed E-state index contributed by atoms with van der Waals surface area (Å²) in [5.41, 5.74) is 0.395. The molecule has 0 aliphatic carbocycles. The van der Waals surface area contributed by atoms with Crippen LogP contribution in [0.2, 0.25) is 0 Å². The first-order chi connectivity index (χ1) is 20.5. The molecule has 1 saturated heterocycles. The zero-order valence-electron chi connectivity index (χ0n) is 24.6. The number of nitrogens with zero attached hydrogens (tertiary/aromatic N) is 4. The number of allylic oxidation sites excluding steroid dienone is 1. The molecule has 0 bridgehead atoms. The number of hydrogen-bond donors (Lipinski definition) is 0. The number of fused-ring (bicyclic) bond motifs is 1. The van der Waals surface area contributed by atoms with Gasteiger partial charge >= 0.3 is 18.2 Å². The van der Waals surface area contributed by atoms with E-state index in [-0.39, 0.29) is 29.7 Å². The Morgan fingerprint density at radius 3 is 2.63 bits per heavy atom. The van der Waals surface area contributed by atoms with Gasteiger partial charge in [0, 0.05) is 55.4 Å². The van der Waals surface area contributed by atoms with Crippen molar-refractivity contribution in [3.05, 3.63) is 47.5 Å². The molecule has 3 aromatic rings. The van der Waals surface area contributed by atoms with Gasteiger partial charge in [-0.1, -0.05) is 6.08 Å². The number of piperidine rings is 1. The molecular formula is C30H35F3N4O5S. The Morgan fingerprint density at radius 1 is 1.21 bits per heavy atom. The number of benzene rings is 1. The Balaban J connectivity index is 1.63. The Morgan fingerprint density at radius 2 is 1.98 bits per heavy atom. The largest absolute Gasteiger partial charge is 0.496 e. The number of carbonyl (C=O) groups is 2. The van der Waals surface area contributed by atoms with Crippen LogP contribution in [-0.4, -0.2) is 78.3 Å². The number of amides is 2. The lowest BCUT2D eigenvalue weighted by Crippen LogP contribution is -2.56. The third-order valence-electron chi connectivity index (χ3n) is 7.43. The molecule has 43 heavy (non-hydrogen) atoms. The molecule has 9 nitrogen and oxygen atoms in total. The third kappa shape index (κ3) is 7.20. The zero-order chi connectivity index (χ0) is 31.3. The highest BCUT2D eigenvalue weighted by Crippen LogP contribution is 2.39. The number of likely N-dealkylation sites (tertiary alicyclic amines) is 1. The minimum absolute atomic E-state index is 0.0882. The summed E-state index contributed by atoms with van der Waals surface area (Å²) in [6, 6.07) is 3.97. The van der Waals surface area contributed by atoms with Gasteiger partial charge in [0.25, 0.3) is 0 Å². The van der Waals surface area contributed by atoms with E-state index in [1.54, 1.807) is 37.1 Å². The van der Waals surface area contributed by atoms with Crippen LogP contribution >= 0.6 is 11.3 Å². The molecule has 0 radical (unpaired) electrons. The molecule has 1 aromatic carbocycles. The van der Waals surface area contributed by atoms with Crippen molar-refractivity contribution in [2.45, 2.75) is 57.3 Å². The summed E-state index contributed by atoms with van der Waals surface area (Å²) in [5.74, 6) is 0.386. The number of urea groups is 1. The molecule has 2 amide bonds. The van der Waals surface area contributed by atoms with Gasteiger partial charge in [-0.15, -0.1) is 17.9 Å². The van der Waals surface area contributed by atoms with E-state index in [0.717, 1.165) is 36.0 Å². The molecule has 0 N–H and O–H groups in total. The summed E-state index contributed by atoms with van der Waals surface area (Å²) in [6.45, 7) is 6.31. The maximum atomic E-state index is 13.3. The molecule has 1 aliphatic rings. The summed E-state index contributed by atoms with van der Waals surface area (Å²) >= 11 is 0.835. The fraction of sp³-hybridized carbons (Fsp3) is 0.467. The standard InChI is InChI=1S/C30H35F3N4O5S/c1-6-7-8-9-13-36(3)29(39)37-14-12-19(15-22(37)28(38)41-5)42-24-16-21(27-35-25(17-43-27)30(31,32)33)34-26-18(2)23(40-4)11-10-20(24)26/h6,10-11,16-17,19,22H,1,7-9,12-15H2,2-5H3. The highest BCUT2D eigenvalue weighted by atomic mass is 32.1. The number of carbonyl (C=O) groups excluding carboxylic acids is 2. The van der Waals surface area contributed by atoms with Gasteiger partial charge in [0.2, 0.25) is 0 Å². The van der Waals surface area contributed by atoms with Crippen molar-refractivity contribution in [1.29, 1.82) is 0 Å². The molecule has 0 spiro atoms. The Bertz CT molecular complexity index is 1480. The van der Waals surface area contributed by atoms with Crippen LogP contribution in [0.4, 0.5) is 18.0 Å². The van der Waals surface area contributed by atoms with Crippen molar-refractivity contribution in [2.75, 3.05) is 34.4 Å². The van der Waals surface area contributed by atoms with Gasteiger partial charge in [0.05, 0.1) is 19.7 Å². The van der Waals surface area contributed by atoms with Crippen LogP contribution in [-0.2, 0) is 15.7 Å². The molecule has 0 saturated carbocycles. The molecule has 232 valence electrons. The second kappa shape index (κ2) is 13.6. The Labute approximate surface area is 252 Å². The van der Waals surface area contributed by atoms with E-state index in [2.05, 4.69) is 16.5 Å². The summed E-state index contributed by atoms with van der Waals surface area (Å²) in [7, 11) is 4.50. The van der Waals surface area contributed by atoms with Crippen LogP contribution in [0.15, 0.2) is 36.2 Å². The van der Waals surface area contributed by atoms with Gasteiger partial charge in [-0.3, -0.25) is 0 Å². The molecule has 2 aromatic heterocycles. The SMILES string of the molecule is C=CCCCCN(C)C(=O)N1CCC(Oc2cc(-c3nc(C(F)(F)F)cs3)nc3c(C)c(OC)ccc23)CC1C(=O)OC. The number of rotatable bonds is 10. The van der Waals surface area contributed by atoms with Gasteiger partial charge in [-0.25, -0.2) is 19.6 Å². The van der Waals surface area contributed by atoms with E-state index >= 15 is 0 Å². The predicted octanol–water partition coefficient (Wildman–Crippen LogP) is 6.49. The number of unbranched alkanes of at least 4 members (excludes halogenated alkanes) is 2. The van der Waals surface area contributed by atoms with Crippen molar-refractivity contribution >= 4 is 34.2 Å². The number of thiazole rings is 1. The van der Waals surface area contributed by atoms with Crippen LogP contribution in [0.1, 0.15) is 43.4 Å². The second-order valence-corrected chi connectivity index (χ2v) is 11.2. The maximum absolute atomic E-state index is 13.3. The number of halogens is 3. The van der Waals surface area contributed by atoms with Crippen LogP contribution in [0.3, 0.4) is 0 Å². The molecule has 4 rings (SSSR count). The third-order valence-corrected chi connectivity index (χ3v) is 8.29. The average Bonchev–Trinajstić information content (AvgIpc) is 3.50. The molecule has 3 heterocycles. The van der Waals surface area contributed by atoms with Gasteiger partial charge in [-0.05, 0) is 38.3 Å². The second-order valence-electron chi connectivity index (χ2n) is 10.3. The van der Waals surface area contributed by atoms with E-state index in [9.17, 15) is 22.8 Å². The monoisotopic (exact) mass is 620 g/mol. The first-order valence-corrected chi connectivity index (χ1v) is 14.7. The van der Waals surface area contributed by atoms with Crippen LogP contribution in [0.5, 0.6) is 11.5 Å². The Kier molecular flexibility index (Phi) is 10.2. The molecule has 2 atom stereocenters. The van der Waals surface area contributed by atoms with Crippen LogP contribution in [0, 0.1) is 6.92 Å². The Hall–Kier alpha value is -3.87. The predicted molar refractivity (Wildman–Crippen MR) is 157 cm³/mol. The van der Waals surface area contributed by atoms with Gasteiger partial charge in [0.1, 0.15) is 34.3 Å². The smallest absolute Gasteiger partial charge is 0.434 e. The number of pyridine rings is 1.